The molecule has 10 heteroatoms. The van der Waals surface area contributed by atoms with Crippen molar-refractivity contribution in [2.45, 2.75) is 39.5 Å². The van der Waals surface area contributed by atoms with Crippen molar-refractivity contribution >= 4 is 27.5 Å². The number of hydrogen-bond acceptors (Lipinski definition) is 6. The molecular formula is C37H43N3O6S. The molecule has 0 unspecified atom stereocenters. The summed E-state index contributed by atoms with van der Waals surface area (Å²) in [7, 11) is -2.34. The molecule has 1 N–H and O–H groups in total. The van der Waals surface area contributed by atoms with Gasteiger partial charge in [0.05, 0.1) is 19.1 Å². The van der Waals surface area contributed by atoms with E-state index >= 15 is 0 Å². The first-order valence-electron chi connectivity index (χ1n) is 15.5. The van der Waals surface area contributed by atoms with E-state index in [0.29, 0.717) is 30.3 Å². The van der Waals surface area contributed by atoms with Crippen LogP contribution in [0, 0.1) is 5.92 Å². The van der Waals surface area contributed by atoms with Gasteiger partial charge in [-0.25, -0.2) is 8.42 Å². The fraction of sp³-hybridized carbons (Fsp3) is 0.297. The highest BCUT2D eigenvalue weighted by atomic mass is 32.2. The Morgan fingerprint density at radius 2 is 1.40 bits per heavy atom. The van der Waals surface area contributed by atoms with Crippen molar-refractivity contribution in [3.63, 3.8) is 0 Å². The molecular weight excluding hydrogens is 614 g/mol. The molecule has 0 aliphatic rings. The smallest absolute Gasteiger partial charge is 0.244 e. The molecule has 248 valence electrons. The number of benzene rings is 4. The molecule has 0 heterocycles. The summed E-state index contributed by atoms with van der Waals surface area (Å²) in [6, 6.07) is 32.1. The van der Waals surface area contributed by atoms with Crippen LogP contribution < -0.4 is 19.1 Å². The topological polar surface area (TPSA) is 105 Å². The van der Waals surface area contributed by atoms with E-state index in [9.17, 15) is 18.0 Å². The van der Waals surface area contributed by atoms with Gasteiger partial charge in [0, 0.05) is 19.5 Å². The van der Waals surface area contributed by atoms with Crippen LogP contribution in [0.25, 0.3) is 0 Å². The molecule has 4 aromatic carbocycles. The number of carbonyl (C=O) groups excluding carboxylic acids is 2. The van der Waals surface area contributed by atoms with Crippen LogP contribution in [0.4, 0.5) is 5.69 Å². The van der Waals surface area contributed by atoms with Gasteiger partial charge in [0.15, 0.2) is 0 Å². The minimum Gasteiger partial charge on any atom is -0.497 e. The fourth-order valence-electron chi connectivity index (χ4n) is 5.01. The van der Waals surface area contributed by atoms with Crippen LogP contribution >= 0.6 is 0 Å². The maximum atomic E-state index is 14.3. The number of nitrogens with one attached hydrogen (secondary N) is 1. The summed E-state index contributed by atoms with van der Waals surface area (Å²) >= 11 is 0. The van der Waals surface area contributed by atoms with Crippen LogP contribution in [-0.2, 0) is 39.2 Å². The van der Waals surface area contributed by atoms with Gasteiger partial charge in [-0.15, -0.1) is 0 Å². The van der Waals surface area contributed by atoms with E-state index in [0.717, 1.165) is 27.3 Å². The van der Waals surface area contributed by atoms with Crippen molar-refractivity contribution < 1.29 is 27.5 Å². The van der Waals surface area contributed by atoms with Crippen LogP contribution in [0.5, 0.6) is 11.5 Å². The monoisotopic (exact) mass is 657 g/mol. The first kappa shape index (κ1) is 35.0. The zero-order valence-electron chi connectivity index (χ0n) is 27.3. The Hall–Kier alpha value is -4.83. The van der Waals surface area contributed by atoms with Gasteiger partial charge in [-0.2, -0.15) is 0 Å². The van der Waals surface area contributed by atoms with Crippen molar-refractivity contribution in [2.75, 3.05) is 30.8 Å². The third-order valence-corrected chi connectivity index (χ3v) is 8.64. The summed E-state index contributed by atoms with van der Waals surface area (Å²) < 4.78 is 38.6. The first-order valence-corrected chi connectivity index (χ1v) is 17.4. The quantitative estimate of drug-likeness (QED) is 0.172. The van der Waals surface area contributed by atoms with Crippen LogP contribution in [0.3, 0.4) is 0 Å². The zero-order valence-corrected chi connectivity index (χ0v) is 28.2. The number of hydrogen-bond donors (Lipinski definition) is 1. The molecule has 0 aliphatic carbocycles. The molecule has 0 aromatic heterocycles. The molecule has 0 saturated carbocycles. The lowest BCUT2D eigenvalue weighted by Crippen LogP contribution is -2.53. The van der Waals surface area contributed by atoms with Crippen LogP contribution in [0.2, 0.25) is 0 Å². The maximum absolute atomic E-state index is 14.3. The molecule has 4 rings (SSSR count). The van der Waals surface area contributed by atoms with Crippen LogP contribution in [0.15, 0.2) is 109 Å². The Morgan fingerprint density at radius 1 is 0.787 bits per heavy atom. The summed E-state index contributed by atoms with van der Waals surface area (Å²) in [5.74, 6) is 0.514. The second kappa shape index (κ2) is 16.6. The summed E-state index contributed by atoms with van der Waals surface area (Å²) in [6.07, 6.45) is 1.30. The molecule has 47 heavy (non-hydrogen) atoms. The third-order valence-electron chi connectivity index (χ3n) is 7.49. The second-order valence-electron chi connectivity index (χ2n) is 11.8. The average molecular weight is 658 g/mol. The summed E-state index contributed by atoms with van der Waals surface area (Å²) in [4.78, 5) is 29.6. The van der Waals surface area contributed by atoms with Gasteiger partial charge in [0.1, 0.15) is 30.7 Å². The molecule has 2 amide bonds. The van der Waals surface area contributed by atoms with Gasteiger partial charge >= 0.3 is 0 Å². The Morgan fingerprint density at radius 3 is 2.00 bits per heavy atom. The van der Waals surface area contributed by atoms with E-state index in [1.807, 2.05) is 86.6 Å². The van der Waals surface area contributed by atoms with Crippen molar-refractivity contribution in [2.24, 2.45) is 5.92 Å². The lowest BCUT2D eigenvalue weighted by Gasteiger charge is -2.33. The number of amides is 2. The van der Waals surface area contributed by atoms with Gasteiger partial charge in [-0.05, 0) is 59.0 Å². The van der Waals surface area contributed by atoms with E-state index in [4.69, 9.17) is 9.47 Å². The molecule has 0 radical (unpaired) electrons. The highest BCUT2D eigenvalue weighted by Crippen LogP contribution is 2.24. The molecule has 0 aliphatic heterocycles. The number of rotatable bonds is 16. The SMILES string of the molecule is COc1cccc(CN(C(=O)CN(c2ccc(OCc3ccccc3)cc2)S(C)(=O)=O)[C@@H](Cc2ccccc2)C(=O)NCC(C)C)c1. The summed E-state index contributed by atoms with van der Waals surface area (Å²) in [6.45, 7) is 4.33. The summed E-state index contributed by atoms with van der Waals surface area (Å²) in [5.41, 5.74) is 2.90. The van der Waals surface area contributed by atoms with Crippen molar-refractivity contribution in [3.05, 3.63) is 126 Å². The van der Waals surface area contributed by atoms with Crippen LogP contribution in [0.1, 0.15) is 30.5 Å². The van der Waals surface area contributed by atoms with Gasteiger partial charge in [0.2, 0.25) is 21.8 Å². The molecule has 4 aromatic rings. The number of carbonyl (C=O) groups is 2. The largest absolute Gasteiger partial charge is 0.497 e. The third kappa shape index (κ3) is 10.6. The number of nitrogens with zero attached hydrogens (tertiary/aromatic N) is 2. The van der Waals surface area contributed by atoms with Gasteiger partial charge in [-0.3, -0.25) is 13.9 Å². The summed E-state index contributed by atoms with van der Waals surface area (Å²) in [5, 5.41) is 2.99. The van der Waals surface area contributed by atoms with Crippen molar-refractivity contribution in [1.82, 2.24) is 10.2 Å². The molecule has 0 fully saturated rings. The molecule has 9 nitrogen and oxygen atoms in total. The number of methoxy groups -OCH3 is 1. The number of ether oxygens (including phenoxy) is 2. The first-order chi connectivity index (χ1) is 22.5. The normalized spacial score (nSPS) is 11.9. The average Bonchev–Trinajstić information content (AvgIpc) is 3.07. The molecule has 0 bridgehead atoms. The van der Waals surface area contributed by atoms with Gasteiger partial charge < -0.3 is 19.7 Å². The molecule has 0 spiro atoms. The number of anilines is 1. The minimum atomic E-state index is -3.90. The molecule has 1 atom stereocenters. The van der Waals surface area contributed by atoms with E-state index in [1.165, 1.54) is 4.90 Å². The lowest BCUT2D eigenvalue weighted by atomic mass is 10.0. The Balaban J connectivity index is 1.65. The van der Waals surface area contributed by atoms with E-state index < -0.39 is 28.5 Å². The van der Waals surface area contributed by atoms with E-state index in [2.05, 4.69) is 5.32 Å². The minimum absolute atomic E-state index is 0.0620. The Kier molecular flexibility index (Phi) is 12.4. The van der Waals surface area contributed by atoms with Gasteiger partial charge in [-0.1, -0.05) is 86.6 Å². The Bertz CT molecular complexity index is 1700. The maximum Gasteiger partial charge on any atom is 0.244 e. The number of sulfonamides is 1. The predicted molar refractivity (Wildman–Crippen MR) is 185 cm³/mol. The highest BCUT2D eigenvalue weighted by molar-refractivity contribution is 7.92. The van der Waals surface area contributed by atoms with E-state index in [1.54, 1.807) is 43.5 Å². The van der Waals surface area contributed by atoms with Crippen molar-refractivity contribution in [3.8, 4) is 11.5 Å². The highest BCUT2D eigenvalue weighted by Gasteiger charge is 2.33. The Labute approximate surface area is 278 Å². The standard InChI is InChI=1S/C37H43N3O6S/c1-28(2)24-38-37(42)35(23-29-12-7-5-8-13-29)39(25-31-16-11-17-34(22-31)45-3)36(41)26-40(47(4,43)44)32-18-20-33(21-19-32)46-27-30-14-9-6-10-15-30/h5-22,28,35H,23-27H2,1-4H3,(H,38,42)/t35-/m0/s1. The zero-order chi connectivity index (χ0) is 33.8. The fourth-order valence-corrected chi connectivity index (χ4v) is 5.86. The predicted octanol–water partition coefficient (Wildman–Crippen LogP) is 5.45. The van der Waals surface area contributed by atoms with Gasteiger partial charge in [0.25, 0.3) is 0 Å². The molecule has 0 saturated heterocycles. The second-order valence-corrected chi connectivity index (χ2v) is 13.7. The van der Waals surface area contributed by atoms with E-state index in [-0.39, 0.29) is 24.8 Å². The van der Waals surface area contributed by atoms with Crippen LogP contribution in [-0.4, -0.2) is 57.6 Å². The lowest BCUT2D eigenvalue weighted by molar-refractivity contribution is -0.140. The van der Waals surface area contributed by atoms with Crippen molar-refractivity contribution in [1.29, 1.82) is 0 Å².